The lowest BCUT2D eigenvalue weighted by molar-refractivity contribution is -0.155. The summed E-state index contributed by atoms with van der Waals surface area (Å²) >= 11 is 0. The third kappa shape index (κ3) is 5.31. The monoisotopic (exact) mass is 264 g/mol. The van der Waals surface area contributed by atoms with Crippen LogP contribution in [0.25, 0.3) is 0 Å². The molecule has 0 spiro atoms. The normalized spacial score (nSPS) is 32.3. The second-order valence-corrected chi connectivity index (χ2v) is 5.29. The SMILES string of the molecule is CC(/C=C\C1C=CC(O)C1)=C\COC1CCCCO1. The number of hydrogen-bond donors (Lipinski definition) is 1. The van der Waals surface area contributed by atoms with E-state index in [4.69, 9.17) is 9.47 Å². The van der Waals surface area contributed by atoms with Gasteiger partial charge < -0.3 is 14.6 Å². The van der Waals surface area contributed by atoms with Crippen molar-refractivity contribution in [3.05, 3.63) is 36.0 Å². The quantitative estimate of drug-likeness (QED) is 0.613. The predicted molar refractivity (Wildman–Crippen MR) is 75.7 cm³/mol. The Balaban J connectivity index is 1.67. The molecule has 0 aromatic carbocycles. The molecule has 1 fully saturated rings. The van der Waals surface area contributed by atoms with Crippen LogP contribution in [0, 0.1) is 5.92 Å². The fraction of sp³-hybridized carbons (Fsp3) is 0.625. The zero-order chi connectivity index (χ0) is 13.5. The highest BCUT2D eigenvalue weighted by molar-refractivity contribution is 5.20. The summed E-state index contributed by atoms with van der Waals surface area (Å²) in [6.45, 7) is 3.49. The fourth-order valence-electron chi connectivity index (χ4n) is 2.32. The molecule has 0 aromatic rings. The second kappa shape index (κ2) is 7.63. The lowest BCUT2D eigenvalue weighted by Crippen LogP contribution is -2.22. The van der Waals surface area contributed by atoms with Crippen molar-refractivity contribution in [2.75, 3.05) is 13.2 Å². The summed E-state index contributed by atoms with van der Waals surface area (Å²) in [7, 11) is 0. The minimum atomic E-state index is -0.272. The first-order chi connectivity index (χ1) is 9.24. The molecular formula is C16H24O3. The van der Waals surface area contributed by atoms with Crippen LogP contribution in [0.5, 0.6) is 0 Å². The van der Waals surface area contributed by atoms with Crippen molar-refractivity contribution in [1.29, 1.82) is 0 Å². The lowest BCUT2D eigenvalue weighted by atomic mass is 10.1. The third-order valence-corrected chi connectivity index (χ3v) is 3.53. The average Bonchev–Trinajstić information content (AvgIpc) is 2.83. The maximum atomic E-state index is 9.38. The van der Waals surface area contributed by atoms with Crippen molar-refractivity contribution >= 4 is 0 Å². The summed E-state index contributed by atoms with van der Waals surface area (Å²) in [4.78, 5) is 0. The summed E-state index contributed by atoms with van der Waals surface area (Å²) in [6, 6.07) is 0. The van der Waals surface area contributed by atoms with Gasteiger partial charge in [0.25, 0.3) is 0 Å². The van der Waals surface area contributed by atoms with Gasteiger partial charge in [-0.3, -0.25) is 0 Å². The summed E-state index contributed by atoms with van der Waals surface area (Å²) < 4.78 is 11.2. The summed E-state index contributed by atoms with van der Waals surface area (Å²) in [5.74, 6) is 0.362. The van der Waals surface area contributed by atoms with E-state index in [0.717, 1.165) is 25.9 Å². The van der Waals surface area contributed by atoms with E-state index in [0.29, 0.717) is 12.5 Å². The molecule has 1 heterocycles. The Morgan fingerprint density at radius 1 is 1.42 bits per heavy atom. The molecule has 3 heteroatoms. The van der Waals surface area contributed by atoms with E-state index in [1.807, 2.05) is 6.08 Å². The van der Waals surface area contributed by atoms with Gasteiger partial charge in [-0.1, -0.05) is 36.0 Å². The number of aliphatic hydroxyl groups is 1. The zero-order valence-corrected chi connectivity index (χ0v) is 11.6. The molecule has 0 radical (unpaired) electrons. The van der Waals surface area contributed by atoms with Gasteiger partial charge >= 0.3 is 0 Å². The van der Waals surface area contributed by atoms with Crippen LogP contribution >= 0.6 is 0 Å². The molecule has 1 N–H and O–H groups in total. The number of rotatable bonds is 5. The highest BCUT2D eigenvalue weighted by atomic mass is 16.7. The zero-order valence-electron chi connectivity index (χ0n) is 11.6. The number of aliphatic hydroxyl groups excluding tert-OH is 1. The molecule has 2 aliphatic rings. The molecule has 1 aliphatic heterocycles. The Hall–Kier alpha value is -0.900. The average molecular weight is 264 g/mol. The molecule has 0 aromatic heterocycles. The lowest BCUT2D eigenvalue weighted by Gasteiger charge is -2.22. The van der Waals surface area contributed by atoms with Gasteiger partial charge in [-0.05, 0) is 38.5 Å². The van der Waals surface area contributed by atoms with Crippen molar-refractivity contribution in [1.82, 2.24) is 0 Å². The first-order valence-electron chi connectivity index (χ1n) is 7.18. The molecule has 1 saturated heterocycles. The molecule has 3 nitrogen and oxygen atoms in total. The van der Waals surface area contributed by atoms with E-state index >= 15 is 0 Å². The first-order valence-corrected chi connectivity index (χ1v) is 7.18. The van der Waals surface area contributed by atoms with E-state index in [9.17, 15) is 5.11 Å². The van der Waals surface area contributed by atoms with Crippen molar-refractivity contribution in [2.24, 2.45) is 5.92 Å². The minimum Gasteiger partial charge on any atom is -0.389 e. The molecule has 1 aliphatic carbocycles. The molecule has 3 unspecified atom stereocenters. The smallest absolute Gasteiger partial charge is 0.157 e. The van der Waals surface area contributed by atoms with E-state index in [2.05, 4.69) is 31.2 Å². The Morgan fingerprint density at radius 3 is 3.00 bits per heavy atom. The van der Waals surface area contributed by atoms with Crippen LogP contribution in [0.15, 0.2) is 36.0 Å². The van der Waals surface area contributed by atoms with Crippen LogP contribution in [0.1, 0.15) is 32.6 Å². The highest BCUT2D eigenvalue weighted by Gasteiger charge is 2.14. The van der Waals surface area contributed by atoms with Gasteiger partial charge in [-0.15, -0.1) is 0 Å². The Bertz CT molecular complexity index is 351. The molecule has 2 rings (SSSR count). The van der Waals surface area contributed by atoms with E-state index in [1.54, 1.807) is 0 Å². The summed E-state index contributed by atoms with van der Waals surface area (Å²) in [6.07, 6.45) is 14.1. The number of hydrogen-bond acceptors (Lipinski definition) is 3. The minimum absolute atomic E-state index is 0.0188. The van der Waals surface area contributed by atoms with Gasteiger partial charge in [-0.2, -0.15) is 0 Å². The summed E-state index contributed by atoms with van der Waals surface area (Å²) in [5, 5.41) is 9.38. The highest BCUT2D eigenvalue weighted by Crippen LogP contribution is 2.19. The van der Waals surface area contributed by atoms with Crippen molar-refractivity contribution in [3.63, 3.8) is 0 Å². The van der Waals surface area contributed by atoms with E-state index in [1.165, 1.54) is 12.0 Å². The Morgan fingerprint density at radius 2 is 2.32 bits per heavy atom. The Labute approximate surface area is 115 Å². The van der Waals surface area contributed by atoms with Crippen LogP contribution < -0.4 is 0 Å². The molecule has 0 saturated carbocycles. The Kier molecular flexibility index (Phi) is 5.83. The van der Waals surface area contributed by atoms with Crippen molar-refractivity contribution in [3.8, 4) is 0 Å². The molecule has 0 bridgehead atoms. The molecule has 0 amide bonds. The van der Waals surface area contributed by atoms with Gasteiger partial charge in [0.2, 0.25) is 0 Å². The third-order valence-electron chi connectivity index (χ3n) is 3.53. The number of allylic oxidation sites excluding steroid dienone is 4. The molecule has 3 atom stereocenters. The van der Waals surface area contributed by atoms with Gasteiger partial charge in [-0.25, -0.2) is 0 Å². The standard InChI is InChI=1S/C16H24O3/c1-13(5-6-14-7-8-15(17)12-14)9-11-19-16-4-2-3-10-18-16/h5-9,14-17H,2-4,10-12H2,1H3/b6-5-,13-9+. The number of ether oxygens (including phenoxy) is 2. The van der Waals surface area contributed by atoms with Crippen LogP contribution in [0.3, 0.4) is 0 Å². The van der Waals surface area contributed by atoms with Crippen LogP contribution in [0.2, 0.25) is 0 Å². The second-order valence-electron chi connectivity index (χ2n) is 5.29. The summed E-state index contributed by atoms with van der Waals surface area (Å²) in [5.41, 5.74) is 1.19. The molecular weight excluding hydrogens is 240 g/mol. The van der Waals surface area contributed by atoms with Gasteiger partial charge in [0.15, 0.2) is 6.29 Å². The topological polar surface area (TPSA) is 38.7 Å². The molecule has 106 valence electrons. The first kappa shape index (κ1) is 14.5. The van der Waals surface area contributed by atoms with Crippen molar-refractivity contribution < 1.29 is 14.6 Å². The van der Waals surface area contributed by atoms with Gasteiger partial charge in [0.1, 0.15) is 0 Å². The van der Waals surface area contributed by atoms with E-state index < -0.39 is 0 Å². The van der Waals surface area contributed by atoms with Gasteiger partial charge in [0, 0.05) is 6.61 Å². The fourth-order valence-corrected chi connectivity index (χ4v) is 2.32. The van der Waals surface area contributed by atoms with Crippen LogP contribution in [-0.2, 0) is 9.47 Å². The van der Waals surface area contributed by atoms with Crippen LogP contribution in [0.4, 0.5) is 0 Å². The van der Waals surface area contributed by atoms with Gasteiger partial charge in [0.05, 0.1) is 12.7 Å². The van der Waals surface area contributed by atoms with Crippen molar-refractivity contribution in [2.45, 2.75) is 45.0 Å². The molecule has 19 heavy (non-hydrogen) atoms. The van der Waals surface area contributed by atoms with Crippen LogP contribution in [-0.4, -0.2) is 30.7 Å². The maximum absolute atomic E-state index is 9.38. The largest absolute Gasteiger partial charge is 0.389 e. The predicted octanol–water partition coefficient (Wildman–Crippen LogP) is 2.97. The van der Waals surface area contributed by atoms with E-state index in [-0.39, 0.29) is 12.4 Å². The maximum Gasteiger partial charge on any atom is 0.157 e.